The maximum atomic E-state index is 12.3. The van der Waals surface area contributed by atoms with E-state index >= 15 is 0 Å². The lowest BCUT2D eigenvalue weighted by Gasteiger charge is -2.24. The van der Waals surface area contributed by atoms with Gasteiger partial charge in [-0.25, -0.2) is 13.2 Å². The van der Waals surface area contributed by atoms with Crippen molar-refractivity contribution in [3.05, 3.63) is 28.7 Å². The molecule has 158 valence electrons. The SMILES string of the molecule is CC(C)(C)OC(=O)NCC(=O)N=C1SC2CS(=O)(=O)CC2N1c1ccc(Br)cc1. The van der Waals surface area contributed by atoms with Crippen molar-refractivity contribution in [2.75, 3.05) is 23.0 Å². The van der Waals surface area contributed by atoms with E-state index < -0.39 is 27.4 Å². The molecule has 0 aliphatic carbocycles. The van der Waals surface area contributed by atoms with Crippen molar-refractivity contribution in [1.29, 1.82) is 0 Å². The van der Waals surface area contributed by atoms with E-state index in [-0.39, 0.29) is 29.3 Å². The number of aliphatic imine (C=N–C) groups is 1. The monoisotopic (exact) mass is 503 g/mol. The van der Waals surface area contributed by atoms with Crippen LogP contribution < -0.4 is 10.2 Å². The fraction of sp³-hybridized carbons (Fsp3) is 0.500. The number of hydrogen-bond acceptors (Lipinski definition) is 6. The van der Waals surface area contributed by atoms with Gasteiger partial charge in [-0.2, -0.15) is 4.99 Å². The van der Waals surface area contributed by atoms with Gasteiger partial charge in [-0.3, -0.25) is 4.79 Å². The summed E-state index contributed by atoms with van der Waals surface area (Å²) < 4.78 is 30.2. The Hall–Kier alpha value is -1.59. The van der Waals surface area contributed by atoms with Crippen LogP contribution in [0.2, 0.25) is 0 Å². The number of benzene rings is 1. The van der Waals surface area contributed by atoms with Gasteiger partial charge in [0.1, 0.15) is 12.1 Å². The topological polar surface area (TPSA) is 105 Å². The first-order valence-corrected chi connectivity index (χ1v) is 12.4. The molecule has 0 radical (unpaired) electrons. The first kappa shape index (κ1) is 22.1. The van der Waals surface area contributed by atoms with E-state index in [1.165, 1.54) is 11.8 Å². The lowest BCUT2D eigenvalue weighted by molar-refractivity contribution is -0.117. The molecular formula is C18H22BrN3O5S2. The standard InChI is InChI=1S/C18H22BrN3O5S2/c1-18(2,3)27-17(24)20-8-15(23)21-16-22(12-6-4-11(19)5-7-12)13-9-29(25,26)10-14(13)28-16/h4-7,13-14H,8-10H2,1-3H3,(H,20,24). The summed E-state index contributed by atoms with van der Waals surface area (Å²) in [6, 6.07) is 7.10. The molecule has 8 nitrogen and oxygen atoms in total. The molecule has 2 aliphatic heterocycles. The molecule has 2 amide bonds. The van der Waals surface area contributed by atoms with Crippen LogP contribution in [-0.4, -0.2) is 60.5 Å². The quantitative estimate of drug-likeness (QED) is 0.675. The van der Waals surface area contributed by atoms with Gasteiger partial charge in [-0.15, -0.1) is 0 Å². The summed E-state index contributed by atoms with van der Waals surface area (Å²) in [6.45, 7) is 4.88. The summed E-state index contributed by atoms with van der Waals surface area (Å²) in [5.41, 5.74) is 0.0960. The number of anilines is 1. The molecule has 2 aliphatic rings. The highest BCUT2D eigenvalue weighted by atomic mass is 79.9. The Morgan fingerprint density at radius 2 is 1.93 bits per heavy atom. The number of alkyl carbamates (subject to hydrolysis) is 1. The first-order chi connectivity index (χ1) is 13.4. The number of sulfone groups is 1. The highest BCUT2D eigenvalue weighted by molar-refractivity contribution is 9.10. The number of hydrogen-bond donors (Lipinski definition) is 1. The average molecular weight is 504 g/mol. The van der Waals surface area contributed by atoms with E-state index in [0.29, 0.717) is 5.17 Å². The van der Waals surface area contributed by atoms with Crippen molar-refractivity contribution >= 4 is 60.4 Å². The van der Waals surface area contributed by atoms with Gasteiger partial charge in [-0.05, 0) is 45.0 Å². The fourth-order valence-corrected chi connectivity index (χ4v) is 7.27. The number of carbonyl (C=O) groups is 2. The van der Waals surface area contributed by atoms with Crippen LogP contribution in [0.3, 0.4) is 0 Å². The third kappa shape index (κ3) is 5.73. The summed E-state index contributed by atoms with van der Waals surface area (Å²) in [5, 5.41) is 2.64. The molecule has 2 unspecified atom stereocenters. The zero-order chi connectivity index (χ0) is 21.4. The molecular weight excluding hydrogens is 482 g/mol. The number of amidine groups is 1. The molecule has 29 heavy (non-hydrogen) atoms. The third-order valence-electron chi connectivity index (χ3n) is 4.17. The number of nitrogens with one attached hydrogen (secondary N) is 1. The summed E-state index contributed by atoms with van der Waals surface area (Å²) in [4.78, 5) is 30.0. The normalized spacial score (nSPS) is 24.4. The van der Waals surface area contributed by atoms with E-state index in [1.54, 1.807) is 25.7 Å². The third-order valence-corrected chi connectivity index (χ3v) is 7.91. The minimum atomic E-state index is -3.13. The van der Waals surface area contributed by atoms with Gasteiger partial charge in [0.05, 0.1) is 17.5 Å². The molecule has 0 bridgehead atoms. The Balaban J connectivity index is 1.77. The van der Waals surface area contributed by atoms with Gasteiger partial charge in [0, 0.05) is 15.4 Å². The Morgan fingerprint density at radius 3 is 2.55 bits per heavy atom. The van der Waals surface area contributed by atoms with Gasteiger partial charge < -0.3 is 15.0 Å². The van der Waals surface area contributed by atoms with Crippen molar-refractivity contribution in [2.24, 2.45) is 4.99 Å². The fourth-order valence-electron chi connectivity index (χ4n) is 3.08. The Morgan fingerprint density at radius 1 is 1.28 bits per heavy atom. The molecule has 0 spiro atoms. The number of rotatable bonds is 3. The lowest BCUT2D eigenvalue weighted by Crippen LogP contribution is -2.38. The van der Waals surface area contributed by atoms with E-state index in [2.05, 4.69) is 26.2 Å². The maximum absolute atomic E-state index is 12.3. The number of fused-ring (bicyclic) bond motifs is 1. The van der Waals surface area contributed by atoms with Gasteiger partial charge in [-0.1, -0.05) is 27.7 Å². The molecule has 2 atom stereocenters. The Kier molecular flexibility index (Phi) is 6.30. The molecule has 0 saturated carbocycles. The highest BCUT2D eigenvalue weighted by Gasteiger charge is 2.49. The number of thioether (sulfide) groups is 1. The molecule has 0 aromatic heterocycles. The van der Waals surface area contributed by atoms with Crippen LogP contribution in [0, 0.1) is 0 Å². The number of halogens is 1. The zero-order valence-corrected chi connectivity index (χ0v) is 19.4. The van der Waals surface area contributed by atoms with E-state index in [1.807, 2.05) is 24.3 Å². The largest absolute Gasteiger partial charge is 0.444 e. The van der Waals surface area contributed by atoms with Crippen LogP contribution in [0.1, 0.15) is 20.8 Å². The molecule has 1 N–H and O–H groups in total. The molecule has 11 heteroatoms. The van der Waals surface area contributed by atoms with Gasteiger partial charge in [0.2, 0.25) is 0 Å². The highest BCUT2D eigenvalue weighted by Crippen LogP contribution is 2.41. The maximum Gasteiger partial charge on any atom is 0.408 e. The molecule has 3 rings (SSSR count). The van der Waals surface area contributed by atoms with Gasteiger partial charge >= 0.3 is 6.09 Å². The van der Waals surface area contributed by atoms with Crippen LogP contribution in [0.4, 0.5) is 10.5 Å². The minimum absolute atomic E-state index is 0.0180. The minimum Gasteiger partial charge on any atom is -0.444 e. The smallest absolute Gasteiger partial charge is 0.408 e. The lowest BCUT2D eigenvalue weighted by atomic mass is 10.2. The van der Waals surface area contributed by atoms with E-state index in [9.17, 15) is 18.0 Å². The Bertz CT molecular complexity index is 941. The van der Waals surface area contributed by atoms with Gasteiger partial charge in [0.15, 0.2) is 15.0 Å². The van der Waals surface area contributed by atoms with Crippen molar-refractivity contribution in [3.8, 4) is 0 Å². The second-order valence-corrected chi connectivity index (χ2v) is 12.1. The van der Waals surface area contributed by atoms with Crippen LogP contribution in [0.15, 0.2) is 33.7 Å². The van der Waals surface area contributed by atoms with Crippen molar-refractivity contribution in [3.63, 3.8) is 0 Å². The van der Waals surface area contributed by atoms with Crippen LogP contribution in [0.5, 0.6) is 0 Å². The van der Waals surface area contributed by atoms with Crippen molar-refractivity contribution in [1.82, 2.24) is 5.32 Å². The second kappa shape index (κ2) is 8.27. The van der Waals surface area contributed by atoms with Crippen LogP contribution >= 0.6 is 27.7 Å². The van der Waals surface area contributed by atoms with E-state index in [0.717, 1.165) is 10.2 Å². The molecule has 1 aromatic rings. The summed E-state index contributed by atoms with van der Waals surface area (Å²) >= 11 is 4.67. The predicted molar refractivity (Wildman–Crippen MR) is 117 cm³/mol. The van der Waals surface area contributed by atoms with Crippen molar-refractivity contribution in [2.45, 2.75) is 37.7 Å². The zero-order valence-electron chi connectivity index (χ0n) is 16.2. The first-order valence-electron chi connectivity index (χ1n) is 8.94. The molecule has 2 saturated heterocycles. The Labute approximate surface area is 182 Å². The predicted octanol–water partition coefficient (Wildman–Crippen LogP) is 2.58. The summed E-state index contributed by atoms with van der Waals surface area (Å²) in [5.74, 6) is -0.466. The number of carbonyl (C=O) groups excluding carboxylic acids is 2. The second-order valence-electron chi connectivity index (χ2n) is 7.79. The van der Waals surface area contributed by atoms with E-state index in [4.69, 9.17) is 4.74 Å². The number of ether oxygens (including phenoxy) is 1. The van der Waals surface area contributed by atoms with Crippen molar-refractivity contribution < 1.29 is 22.7 Å². The summed E-state index contributed by atoms with van der Waals surface area (Å²) in [7, 11) is -3.13. The van der Waals surface area contributed by atoms with Crippen LogP contribution in [0.25, 0.3) is 0 Å². The average Bonchev–Trinajstić information content (AvgIpc) is 3.03. The molecule has 2 fully saturated rings. The number of amides is 2. The van der Waals surface area contributed by atoms with Gasteiger partial charge in [0.25, 0.3) is 5.91 Å². The summed E-state index contributed by atoms with van der Waals surface area (Å²) in [6.07, 6.45) is -0.696. The van der Waals surface area contributed by atoms with Crippen LogP contribution in [-0.2, 0) is 19.4 Å². The molecule has 2 heterocycles. The molecule has 1 aromatic carbocycles. The number of nitrogens with zero attached hydrogens (tertiary/aromatic N) is 2.